The van der Waals surface area contributed by atoms with Crippen LogP contribution in [-0.2, 0) is 4.79 Å². The van der Waals surface area contributed by atoms with E-state index in [4.69, 9.17) is 18.6 Å². The number of benzene rings is 2. The molecule has 0 aliphatic heterocycles. The first-order chi connectivity index (χ1) is 17.3. The molecule has 1 heterocycles. The Balaban J connectivity index is 1.88. The van der Waals surface area contributed by atoms with Gasteiger partial charge in [0.25, 0.3) is 11.8 Å². The highest BCUT2D eigenvalue weighted by atomic mass is 16.5. The standard InChI is InChI=1S/C28H32N2O6/c1-18(2)15-23(19-8-11-21(33-3)12-9-19)29-28(32)24(17-22-7-6-14-36-22)30-27(31)20-10-13-25(34-4)26(16-20)35-5/h6-14,16-18,23H,15H2,1-5H3,(H,29,32)(H,30,31)/b24-17-/t23-/m1/s1. The molecule has 2 aromatic carbocycles. The first kappa shape index (κ1) is 26.4. The molecule has 8 heteroatoms. The molecule has 0 saturated heterocycles. The van der Waals surface area contributed by atoms with Crippen molar-refractivity contribution in [1.82, 2.24) is 10.6 Å². The quantitative estimate of drug-likeness (QED) is 0.366. The maximum Gasteiger partial charge on any atom is 0.268 e. The van der Waals surface area contributed by atoms with E-state index < -0.39 is 11.8 Å². The number of nitrogens with one attached hydrogen (secondary N) is 2. The van der Waals surface area contributed by atoms with Crippen molar-refractivity contribution in [3.05, 3.63) is 83.4 Å². The Morgan fingerprint density at radius 2 is 1.67 bits per heavy atom. The van der Waals surface area contributed by atoms with E-state index in [0.29, 0.717) is 35.2 Å². The van der Waals surface area contributed by atoms with Crippen LogP contribution in [-0.4, -0.2) is 33.1 Å². The maximum absolute atomic E-state index is 13.4. The Labute approximate surface area is 211 Å². The number of furan rings is 1. The number of hydrogen-bond donors (Lipinski definition) is 2. The molecule has 3 aromatic rings. The second kappa shape index (κ2) is 12.5. The number of ether oxygens (including phenoxy) is 3. The second-order valence-corrected chi connectivity index (χ2v) is 8.53. The summed E-state index contributed by atoms with van der Waals surface area (Å²) in [4.78, 5) is 26.5. The minimum atomic E-state index is -0.478. The fourth-order valence-corrected chi connectivity index (χ4v) is 3.67. The summed E-state index contributed by atoms with van der Waals surface area (Å²) in [6.07, 6.45) is 3.70. The Bertz CT molecular complexity index is 1180. The molecule has 1 atom stereocenters. The van der Waals surface area contributed by atoms with Gasteiger partial charge < -0.3 is 29.3 Å². The Morgan fingerprint density at radius 1 is 0.944 bits per heavy atom. The van der Waals surface area contributed by atoms with Crippen molar-refractivity contribution in [1.29, 1.82) is 0 Å². The molecular weight excluding hydrogens is 460 g/mol. The number of methoxy groups -OCH3 is 3. The fraction of sp³-hybridized carbons (Fsp3) is 0.286. The monoisotopic (exact) mass is 492 g/mol. The van der Waals surface area contributed by atoms with E-state index in [0.717, 1.165) is 11.3 Å². The van der Waals surface area contributed by atoms with Crippen LogP contribution in [0.5, 0.6) is 17.2 Å². The van der Waals surface area contributed by atoms with Crippen molar-refractivity contribution in [3.63, 3.8) is 0 Å². The predicted molar refractivity (Wildman–Crippen MR) is 137 cm³/mol. The van der Waals surface area contributed by atoms with Crippen LogP contribution in [0, 0.1) is 5.92 Å². The van der Waals surface area contributed by atoms with E-state index in [1.165, 1.54) is 26.6 Å². The first-order valence-electron chi connectivity index (χ1n) is 11.6. The minimum Gasteiger partial charge on any atom is -0.497 e. The lowest BCUT2D eigenvalue weighted by molar-refractivity contribution is -0.118. The van der Waals surface area contributed by atoms with Crippen LogP contribution in [0.1, 0.15) is 48.0 Å². The average molecular weight is 493 g/mol. The molecule has 0 radical (unpaired) electrons. The molecule has 0 fully saturated rings. The van der Waals surface area contributed by atoms with Gasteiger partial charge >= 0.3 is 0 Å². The number of carbonyl (C=O) groups is 2. The summed E-state index contributed by atoms with van der Waals surface area (Å²) in [5.74, 6) is 1.45. The van der Waals surface area contributed by atoms with E-state index in [2.05, 4.69) is 24.5 Å². The summed E-state index contributed by atoms with van der Waals surface area (Å²) in [6, 6.07) is 15.5. The molecule has 2 N–H and O–H groups in total. The molecule has 1 aromatic heterocycles. The molecule has 0 aliphatic carbocycles. The molecule has 3 rings (SSSR count). The van der Waals surface area contributed by atoms with Crippen molar-refractivity contribution in [2.45, 2.75) is 26.3 Å². The SMILES string of the molecule is COc1ccc([C@@H](CC(C)C)NC(=O)/C(=C/c2ccco2)NC(=O)c2ccc(OC)c(OC)c2)cc1. The van der Waals surface area contributed by atoms with Crippen LogP contribution >= 0.6 is 0 Å². The Kier molecular flexibility index (Phi) is 9.16. The van der Waals surface area contributed by atoms with E-state index in [1.807, 2.05) is 24.3 Å². The van der Waals surface area contributed by atoms with Crippen molar-refractivity contribution in [2.24, 2.45) is 5.92 Å². The topological polar surface area (TPSA) is 99.0 Å². The van der Waals surface area contributed by atoms with E-state index in [-0.39, 0.29) is 11.7 Å². The first-order valence-corrected chi connectivity index (χ1v) is 11.6. The van der Waals surface area contributed by atoms with Gasteiger partial charge in [-0.05, 0) is 60.4 Å². The number of amides is 2. The summed E-state index contributed by atoms with van der Waals surface area (Å²) < 4.78 is 21.2. The molecule has 36 heavy (non-hydrogen) atoms. The van der Waals surface area contributed by atoms with Crippen LogP contribution in [0.4, 0.5) is 0 Å². The number of rotatable bonds is 11. The summed E-state index contributed by atoms with van der Waals surface area (Å²) in [6.45, 7) is 4.17. The van der Waals surface area contributed by atoms with Gasteiger partial charge in [0.2, 0.25) is 0 Å². The maximum atomic E-state index is 13.4. The van der Waals surface area contributed by atoms with Gasteiger partial charge in [0.05, 0.1) is 33.6 Å². The van der Waals surface area contributed by atoms with E-state index in [9.17, 15) is 9.59 Å². The molecule has 0 unspecified atom stereocenters. The van der Waals surface area contributed by atoms with Crippen LogP contribution in [0.3, 0.4) is 0 Å². The summed E-state index contributed by atoms with van der Waals surface area (Å²) >= 11 is 0. The van der Waals surface area contributed by atoms with Gasteiger partial charge in [-0.3, -0.25) is 9.59 Å². The normalized spacial score (nSPS) is 12.1. The summed E-state index contributed by atoms with van der Waals surface area (Å²) in [7, 11) is 4.61. The van der Waals surface area contributed by atoms with Crippen LogP contribution in [0.25, 0.3) is 6.08 Å². The van der Waals surface area contributed by atoms with Gasteiger partial charge in [-0.15, -0.1) is 0 Å². The zero-order valence-corrected chi connectivity index (χ0v) is 21.2. The van der Waals surface area contributed by atoms with Crippen LogP contribution in [0.2, 0.25) is 0 Å². The van der Waals surface area contributed by atoms with Gasteiger partial charge in [0.1, 0.15) is 17.2 Å². The molecular formula is C28H32N2O6. The highest BCUT2D eigenvalue weighted by Gasteiger charge is 2.22. The lowest BCUT2D eigenvalue weighted by Gasteiger charge is -2.22. The molecule has 0 bridgehead atoms. The third-order valence-corrected chi connectivity index (χ3v) is 5.50. The lowest BCUT2D eigenvalue weighted by Crippen LogP contribution is -2.37. The number of hydrogen-bond acceptors (Lipinski definition) is 6. The van der Waals surface area contributed by atoms with Gasteiger partial charge in [-0.1, -0.05) is 26.0 Å². The second-order valence-electron chi connectivity index (χ2n) is 8.53. The third kappa shape index (κ3) is 6.91. The molecule has 0 saturated carbocycles. The van der Waals surface area contributed by atoms with Gasteiger partial charge in [0.15, 0.2) is 11.5 Å². The van der Waals surface area contributed by atoms with Crippen molar-refractivity contribution in [2.75, 3.05) is 21.3 Å². The van der Waals surface area contributed by atoms with Crippen molar-refractivity contribution < 1.29 is 28.2 Å². The predicted octanol–water partition coefficient (Wildman–Crippen LogP) is 4.98. The summed E-state index contributed by atoms with van der Waals surface area (Å²) in [5.41, 5.74) is 1.29. The molecule has 0 aliphatic rings. The summed E-state index contributed by atoms with van der Waals surface area (Å²) in [5, 5.41) is 5.79. The third-order valence-electron chi connectivity index (χ3n) is 5.50. The number of carbonyl (C=O) groups excluding carboxylic acids is 2. The van der Waals surface area contributed by atoms with Crippen molar-refractivity contribution >= 4 is 17.9 Å². The minimum absolute atomic E-state index is 0.0482. The molecule has 190 valence electrons. The highest BCUT2D eigenvalue weighted by Crippen LogP contribution is 2.28. The molecule has 2 amide bonds. The lowest BCUT2D eigenvalue weighted by atomic mass is 9.96. The Hall–Kier alpha value is -4.20. The van der Waals surface area contributed by atoms with Crippen molar-refractivity contribution in [3.8, 4) is 17.2 Å². The smallest absolute Gasteiger partial charge is 0.268 e. The zero-order chi connectivity index (χ0) is 26.1. The van der Waals surface area contributed by atoms with Crippen LogP contribution < -0.4 is 24.8 Å². The van der Waals surface area contributed by atoms with E-state index in [1.54, 1.807) is 37.4 Å². The van der Waals surface area contributed by atoms with Gasteiger partial charge in [0, 0.05) is 11.6 Å². The molecule has 0 spiro atoms. The van der Waals surface area contributed by atoms with Crippen LogP contribution in [0.15, 0.2) is 71.0 Å². The largest absolute Gasteiger partial charge is 0.497 e. The Morgan fingerprint density at radius 3 is 2.25 bits per heavy atom. The fourth-order valence-electron chi connectivity index (χ4n) is 3.67. The van der Waals surface area contributed by atoms with Gasteiger partial charge in [-0.2, -0.15) is 0 Å². The zero-order valence-electron chi connectivity index (χ0n) is 21.2. The highest BCUT2D eigenvalue weighted by molar-refractivity contribution is 6.05. The average Bonchev–Trinajstić information content (AvgIpc) is 3.40. The van der Waals surface area contributed by atoms with Gasteiger partial charge in [-0.25, -0.2) is 0 Å². The van der Waals surface area contributed by atoms with E-state index >= 15 is 0 Å². The molecule has 8 nitrogen and oxygen atoms in total.